The van der Waals surface area contributed by atoms with Gasteiger partial charge in [-0.3, -0.25) is 0 Å². The summed E-state index contributed by atoms with van der Waals surface area (Å²) >= 11 is 5.85. The van der Waals surface area contributed by atoms with Crippen molar-refractivity contribution >= 4 is 17.4 Å². The van der Waals surface area contributed by atoms with Crippen molar-refractivity contribution in [1.82, 2.24) is 4.98 Å². The molecule has 3 nitrogen and oxygen atoms in total. The highest BCUT2D eigenvalue weighted by atomic mass is 35.5. The third-order valence-corrected chi connectivity index (χ3v) is 3.15. The lowest BCUT2D eigenvalue weighted by atomic mass is 10.1. The van der Waals surface area contributed by atoms with E-state index in [-0.39, 0.29) is 0 Å². The standard InChI is InChI=1S/C16H19ClN2O/c1-2-9-20-15-7-4-8-18-16(15)19-12-14-6-3-5-13(10-14)11-17/h3-8,10H,2,9,11-12H2,1H3,(H,18,19). The van der Waals surface area contributed by atoms with Crippen LogP contribution in [-0.4, -0.2) is 11.6 Å². The molecule has 1 N–H and O–H groups in total. The van der Waals surface area contributed by atoms with Gasteiger partial charge in [-0.15, -0.1) is 11.6 Å². The first-order valence-electron chi connectivity index (χ1n) is 6.79. The zero-order valence-corrected chi connectivity index (χ0v) is 12.4. The van der Waals surface area contributed by atoms with Crippen molar-refractivity contribution in [3.63, 3.8) is 0 Å². The highest BCUT2D eigenvalue weighted by molar-refractivity contribution is 6.17. The summed E-state index contributed by atoms with van der Waals surface area (Å²) in [6, 6.07) is 12.0. The Kier molecular flexibility index (Phi) is 5.69. The predicted molar refractivity (Wildman–Crippen MR) is 83.3 cm³/mol. The van der Waals surface area contributed by atoms with Crippen LogP contribution in [0.2, 0.25) is 0 Å². The van der Waals surface area contributed by atoms with E-state index in [0.717, 1.165) is 23.6 Å². The molecule has 0 amide bonds. The van der Waals surface area contributed by atoms with Gasteiger partial charge in [0.15, 0.2) is 11.6 Å². The highest BCUT2D eigenvalue weighted by Crippen LogP contribution is 2.21. The first kappa shape index (κ1) is 14.7. The van der Waals surface area contributed by atoms with E-state index < -0.39 is 0 Å². The normalized spacial score (nSPS) is 10.3. The molecule has 4 heteroatoms. The number of nitrogens with zero attached hydrogens (tertiary/aromatic N) is 1. The average Bonchev–Trinajstić information content (AvgIpc) is 2.52. The van der Waals surface area contributed by atoms with E-state index in [2.05, 4.69) is 29.4 Å². The van der Waals surface area contributed by atoms with Crippen molar-refractivity contribution in [3.8, 4) is 5.75 Å². The smallest absolute Gasteiger partial charge is 0.169 e. The van der Waals surface area contributed by atoms with Gasteiger partial charge in [0.2, 0.25) is 0 Å². The lowest BCUT2D eigenvalue weighted by molar-refractivity contribution is 0.318. The average molecular weight is 291 g/mol. The number of hydrogen-bond acceptors (Lipinski definition) is 3. The van der Waals surface area contributed by atoms with Gasteiger partial charge in [-0.2, -0.15) is 0 Å². The van der Waals surface area contributed by atoms with Crippen LogP contribution < -0.4 is 10.1 Å². The molecule has 0 fully saturated rings. The minimum Gasteiger partial charge on any atom is -0.490 e. The maximum atomic E-state index is 5.85. The van der Waals surface area contributed by atoms with Crippen molar-refractivity contribution in [1.29, 1.82) is 0 Å². The molecule has 0 radical (unpaired) electrons. The fourth-order valence-corrected chi connectivity index (χ4v) is 2.03. The minimum atomic E-state index is 0.530. The third-order valence-electron chi connectivity index (χ3n) is 2.84. The van der Waals surface area contributed by atoms with Crippen LogP contribution in [0, 0.1) is 0 Å². The van der Waals surface area contributed by atoms with Crippen molar-refractivity contribution in [2.45, 2.75) is 25.8 Å². The quantitative estimate of drug-likeness (QED) is 0.775. The van der Waals surface area contributed by atoms with E-state index in [1.54, 1.807) is 6.20 Å². The molecule has 0 unspecified atom stereocenters. The molecular formula is C16H19ClN2O. The van der Waals surface area contributed by atoms with E-state index in [9.17, 15) is 0 Å². The van der Waals surface area contributed by atoms with Gasteiger partial charge in [-0.1, -0.05) is 31.2 Å². The van der Waals surface area contributed by atoms with Gasteiger partial charge in [0.1, 0.15) is 0 Å². The molecule has 1 heterocycles. The highest BCUT2D eigenvalue weighted by Gasteiger charge is 2.04. The molecule has 1 aromatic heterocycles. The zero-order valence-electron chi connectivity index (χ0n) is 11.6. The summed E-state index contributed by atoms with van der Waals surface area (Å²) in [6.07, 6.45) is 2.74. The number of pyridine rings is 1. The number of halogens is 1. The molecule has 0 aliphatic heterocycles. The number of nitrogens with one attached hydrogen (secondary N) is 1. The summed E-state index contributed by atoms with van der Waals surface area (Å²) in [5.41, 5.74) is 2.30. The van der Waals surface area contributed by atoms with Crippen LogP contribution in [0.5, 0.6) is 5.75 Å². The minimum absolute atomic E-state index is 0.530. The van der Waals surface area contributed by atoms with Crippen molar-refractivity contribution in [2.24, 2.45) is 0 Å². The van der Waals surface area contributed by atoms with Gasteiger partial charge in [-0.05, 0) is 29.7 Å². The maximum Gasteiger partial charge on any atom is 0.169 e. The van der Waals surface area contributed by atoms with Crippen LogP contribution in [0.3, 0.4) is 0 Å². The van der Waals surface area contributed by atoms with Gasteiger partial charge in [-0.25, -0.2) is 4.98 Å². The van der Waals surface area contributed by atoms with Crippen LogP contribution >= 0.6 is 11.6 Å². The molecule has 0 aliphatic rings. The van der Waals surface area contributed by atoms with Crippen LogP contribution in [0.25, 0.3) is 0 Å². The molecule has 2 rings (SSSR count). The van der Waals surface area contributed by atoms with Gasteiger partial charge < -0.3 is 10.1 Å². The second-order valence-electron chi connectivity index (χ2n) is 4.51. The molecule has 0 saturated heterocycles. The molecule has 106 valence electrons. The third kappa shape index (κ3) is 4.14. The molecule has 1 aromatic carbocycles. The van der Waals surface area contributed by atoms with E-state index >= 15 is 0 Å². The molecule has 0 atom stereocenters. The number of ether oxygens (including phenoxy) is 1. The summed E-state index contributed by atoms with van der Waals surface area (Å²) < 4.78 is 5.67. The lowest BCUT2D eigenvalue weighted by Gasteiger charge is -2.12. The Morgan fingerprint density at radius 2 is 2.05 bits per heavy atom. The maximum absolute atomic E-state index is 5.85. The number of alkyl halides is 1. The van der Waals surface area contributed by atoms with Crippen LogP contribution in [0.15, 0.2) is 42.6 Å². The molecule has 0 spiro atoms. The number of benzene rings is 1. The molecule has 0 bridgehead atoms. The monoisotopic (exact) mass is 290 g/mol. The summed E-state index contributed by atoms with van der Waals surface area (Å²) in [6.45, 7) is 3.48. The first-order valence-corrected chi connectivity index (χ1v) is 7.32. The second kappa shape index (κ2) is 7.75. The number of rotatable bonds is 7. The largest absolute Gasteiger partial charge is 0.490 e. The Hall–Kier alpha value is -1.74. The summed E-state index contributed by atoms with van der Waals surface area (Å²) in [5.74, 6) is 2.10. The lowest BCUT2D eigenvalue weighted by Crippen LogP contribution is -2.05. The van der Waals surface area contributed by atoms with E-state index in [1.165, 1.54) is 5.56 Å². The Labute approximate surface area is 124 Å². The van der Waals surface area contributed by atoms with E-state index in [0.29, 0.717) is 19.0 Å². The molecule has 0 aliphatic carbocycles. The Bertz CT molecular complexity index is 546. The zero-order chi connectivity index (χ0) is 14.2. The number of anilines is 1. The van der Waals surface area contributed by atoms with Crippen LogP contribution in [0.4, 0.5) is 5.82 Å². The fourth-order valence-electron chi connectivity index (χ4n) is 1.86. The molecule has 20 heavy (non-hydrogen) atoms. The molecule has 2 aromatic rings. The number of aromatic nitrogens is 1. The van der Waals surface area contributed by atoms with E-state index in [4.69, 9.17) is 16.3 Å². The molecule has 0 saturated carbocycles. The van der Waals surface area contributed by atoms with Crippen LogP contribution in [-0.2, 0) is 12.4 Å². The summed E-state index contributed by atoms with van der Waals surface area (Å²) in [5, 5.41) is 3.31. The van der Waals surface area contributed by atoms with Gasteiger partial charge in [0.25, 0.3) is 0 Å². The van der Waals surface area contributed by atoms with Gasteiger partial charge in [0.05, 0.1) is 6.61 Å². The topological polar surface area (TPSA) is 34.1 Å². The Balaban J connectivity index is 2.02. The fraction of sp³-hybridized carbons (Fsp3) is 0.312. The number of hydrogen-bond donors (Lipinski definition) is 1. The van der Waals surface area contributed by atoms with Crippen molar-refractivity contribution < 1.29 is 4.74 Å². The van der Waals surface area contributed by atoms with Gasteiger partial charge >= 0.3 is 0 Å². The van der Waals surface area contributed by atoms with Crippen molar-refractivity contribution in [2.75, 3.05) is 11.9 Å². The predicted octanol–water partition coefficient (Wildman–Crippen LogP) is 4.22. The Morgan fingerprint density at radius 3 is 2.85 bits per heavy atom. The molecular weight excluding hydrogens is 272 g/mol. The second-order valence-corrected chi connectivity index (χ2v) is 4.77. The van der Waals surface area contributed by atoms with Crippen LogP contribution in [0.1, 0.15) is 24.5 Å². The first-order chi connectivity index (χ1) is 9.83. The summed E-state index contributed by atoms with van der Waals surface area (Å²) in [4.78, 5) is 4.33. The SMILES string of the molecule is CCCOc1cccnc1NCc1cccc(CCl)c1. The Morgan fingerprint density at radius 1 is 1.20 bits per heavy atom. The van der Waals surface area contributed by atoms with E-state index in [1.807, 2.05) is 24.3 Å². The van der Waals surface area contributed by atoms with Gasteiger partial charge in [0, 0.05) is 18.6 Å². The summed E-state index contributed by atoms with van der Waals surface area (Å²) in [7, 11) is 0. The van der Waals surface area contributed by atoms with Crippen molar-refractivity contribution in [3.05, 3.63) is 53.7 Å².